The molecule has 3 N–H and O–H groups in total. The first-order chi connectivity index (χ1) is 7.84. The average molecular weight is 233 g/mol. The van der Waals surface area contributed by atoms with Gasteiger partial charge in [0.1, 0.15) is 5.75 Å². The Morgan fingerprint density at radius 2 is 2.00 bits per heavy atom. The van der Waals surface area contributed by atoms with E-state index in [4.69, 9.17) is 0 Å². The van der Waals surface area contributed by atoms with Crippen molar-refractivity contribution in [3.05, 3.63) is 29.5 Å². The largest absolute Gasteiger partial charge is 0.508 e. The molecule has 2 aromatic rings. The number of hydrogen-bond acceptors (Lipinski definition) is 2. The summed E-state index contributed by atoms with van der Waals surface area (Å²) in [5.74, 6) is -0.746. The molecule has 0 aliphatic rings. The van der Waals surface area contributed by atoms with Gasteiger partial charge in [0.05, 0.1) is 5.41 Å². The van der Waals surface area contributed by atoms with Crippen molar-refractivity contribution in [1.82, 2.24) is 4.98 Å². The Morgan fingerprint density at radius 1 is 1.35 bits per heavy atom. The lowest BCUT2D eigenvalue weighted by atomic mass is 9.83. The number of fused-ring (bicyclic) bond motifs is 1. The molecule has 1 aromatic carbocycles. The summed E-state index contributed by atoms with van der Waals surface area (Å²) in [6.45, 7) is 5.17. The predicted molar refractivity (Wildman–Crippen MR) is 65.4 cm³/mol. The zero-order chi connectivity index (χ0) is 12.8. The first-order valence-electron chi connectivity index (χ1n) is 5.39. The third kappa shape index (κ3) is 1.65. The minimum atomic E-state index is -0.990. The minimum Gasteiger partial charge on any atom is -0.508 e. The number of phenolic OH excluding ortho intramolecular Hbond substituents is 1. The predicted octanol–water partition coefficient (Wildman–Crippen LogP) is 2.54. The van der Waals surface area contributed by atoms with Crippen molar-refractivity contribution >= 4 is 16.9 Å². The molecule has 0 amide bonds. The maximum atomic E-state index is 11.3. The lowest BCUT2D eigenvalue weighted by molar-refractivity contribution is -0.142. The van der Waals surface area contributed by atoms with Crippen molar-refractivity contribution in [3.63, 3.8) is 0 Å². The summed E-state index contributed by atoms with van der Waals surface area (Å²) in [6, 6.07) is 4.92. The van der Waals surface area contributed by atoms with Gasteiger partial charge in [0.25, 0.3) is 0 Å². The van der Waals surface area contributed by atoms with Gasteiger partial charge in [-0.3, -0.25) is 4.79 Å². The van der Waals surface area contributed by atoms with Crippen molar-refractivity contribution in [3.8, 4) is 5.75 Å². The van der Waals surface area contributed by atoms with E-state index in [-0.39, 0.29) is 5.75 Å². The van der Waals surface area contributed by atoms with Crippen LogP contribution in [0.1, 0.15) is 25.1 Å². The Labute approximate surface area is 98.9 Å². The van der Waals surface area contributed by atoms with Crippen molar-refractivity contribution in [2.24, 2.45) is 0 Å². The molecular weight excluding hydrogens is 218 g/mol. The number of aromatic hydroxyl groups is 1. The Morgan fingerprint density at radius 3 is 2.59 bits per heavy atom. The maximum absolute atomic E-state index is 11.3. The number of carbonyl (C=O) groups is 1. The van der Waals surface area contributed by atoms with E-state index in [0.717, 1.165) is 22.2 Å². The zero-order valence-corrected chi connectivity index (χ0v) is 10.0. The van der Waals surface area contributed by atoms with Crippen LogP contribution in [0.2, 0.25) is 0 Å². The smallest absolute Gasteiger partial charge is 0.313 e. The number of aliphatic carboxylic acids is 1. The number of phenols is 1. The van der Waals surface area contributed by atoms with Crippen LogP contribution in [0.4, 0.5) is 0 Å². The van der Waals surface area contributed by atoms with Gasteiger partial charge in [0.2, 0.25) is 0 Å². The molecule has 0 spiro atoms. The quantitative estimate of drug-likeness (QED) is 0.746. The van der Waals surface area contributed by atoms with E-state index >= 15 is 0 Å². The van der Waals surface area contributed by atoms with Gasteiger partial charge >= 0.3 is 5.97 Å². The van der Waals surface area contributed by atoms with Crippen molar-refractivity contribution in [2.75, 3.05) is 0 Å². The van der Waals surface area contributed by atoms with Gasteiger partial charge in [-0.2, -0.15) is 0 Å². The summed E-state index contributed by atoms with van der Waals surface area (Å²) in [7, 11) is 0. The van der Waals surface area contributed by atoms with Crippen LogP contribution in [0.3, 0.4) is 0 Å². The number of carboxylic acid groups (broad SMARTS) is 1. The van der Waals surface area contributed by atoms with Crippen LogP contribution in [-0.4, -0.2) is 21.2 Å². The molecule has 17 heavy (non-hydrogen) atoms. The number of nitrogens with one attached hydrogen (secondary N) is 1. The Kier molecular flexibility index (Phi) is 2.38. The van der Waals surface area contributed by atoms with E-state index in [2.05, 4.69) is 4.98 Å². The molecule has 0 radical (unpaired) electrons. The van der Waals surface area contributed by atoms with Gasteiger partial charge in [-0.05, 0) is 44.5 Å². The fourth-order valence-electron chi connectivity index (χ4n) is 2.23. The molecule has 4 nitrogen and oxygen atoms in total. The average Bonchev–Trinajstić information content (AvgIpc) is 2.53. The minimum absolute atomic E-state index is 0.138. The molecule has 90 valence electrons. The number of carboxylic acids is 1. The highest BCUT2D eigenvalue weighted by molar-refractivity contribution is 5.93. The Balaban J connectivity index is 2.80. The SMILES string of the molecule is Cc1[nH]c2ccc(O)cc2c1C(C)(C)C(=O)O. The summed E-state index contributed by atoms with van der Waals surface area (Å²) in [6.07, 6.45) is 0. The summed E-state index contributed by atoms with van der Waals surface area (Å²) in [5, 5.41) is 19.6. The van der Waals surface area contributed by atoms with Gasteiger partial charge in [-0.25, -0.2) is 0 Å². The fourth-order valence-corrected chi connectivity index (χ4v) is 2.23. The van der Waals surface area contributed by atoms with E-state index in [9.17, 15) is 15.0 Å². The van der Waals surface area contributed by atoms with Gasteiger partial charge < -0.3 is 15.2 Å². The second-order valence-electron chi connectivity index (χ2n) is 4.79. The van der Waals surface area contributed by atoms with Crippen molar-refractivity contribution < 1.29 is 15.0 Å². The van der Waals surface area contributed by atoms with Gasteiger partial charge in [-0.15, -0.1) is 0 Å². The first-order valence-corrected chi connectivity index (χ1v) is 5.39. The van der Waals surface area contributed by atoms with Crippen molar-refractivity contribution in [1.29, 1.82) is 0 Å². The molecular formula is C13H15NO3. The summed E-state index contributed by atoms with van der Waals surface area (Å²) in [4.78, 5) is 14.5. The molecule has 1 heterocycles. The van der Waals surface area contributed by atoms with Crippen LogP contribution in [0, 0.1) is 6.92 Å². The van der Waals surface area contributed by atoms with Gasteiger partial charge in [0.15, 0.2) is 0 Å². The van der Waals surface area contributed by atoms with Crippen LogP contribution in [-0.2, 0) is 10.2 Å². The highest BCUT2D eigenvalue weighted by Gasteiger charge is 2.33. The molecule has 0 saturated carbocycles. The van der Waals surface area contributed by atoms with Crippen LogP contribution >= 0.6 is 0 Å². The molecule has 0 bridgehead atoms. The number of aromatic nitrogens is 1. The summed E-state index contributed by atoms with van der Waals surface area (Å²) >= 11 is 0. The van der Waals surface area contributed by atoms with E-state index < -0.39 is 11.4 Å². The van der Waals surface area contributed by atoms with E-state index in [1.165, 1.54) is 0 Å². The third-order valence-corrected chi connectivity index (χ3v) is 3.13. The Bertz CT molecular complexity index is 596. The summed E-state index contributed by atoms with van der Waals surface area (Å²) in [5.41, 5.74) is 1.38. The zero-order valence-electron chi connectivity index (χ0n) is 10.0. The summed E-state index contributed by atoms with van der Waals surface area (Å²) < 4.78 is 0. The number of aromatic amines is 1. The monoisotopic (exact) mass is 233 g/mol. The van der Waals surface area contributed by atoms with Crippen LogP contribution in [0.5, 0.6) is 5.75 Å². The highest BCUT2D eigenvalue weighted by Crippen LogP contribution is 2.35. The lowest BCUT2D eigenvalue weighted by Crippen LogP contribution is -2.29. The standard InChI is InChI=1S/C13H15NO3/c1-7-11(13(2,3)12(16)17)9-6-8(15)4-5-10(9)14-7/h4-6,14-15H,1-3H3,(H,16,17). The maximum Gasteiger partial charge on any atom is 0.313 e. The normalized spacial score (nSPS) is 11.9. The number of rotatable bonds is 2. The van der Waals surface area contributed by atoms with Crippen LogP contribution < -0.4 is 0 Å². The number of H-pyrrole nitrogens is 1. The van der Waals surface area contributed by atoms with Gasteiger partial charge in [0, 0.05) is 16.6 Å². The molecule has 1 aromatic heterocycles. The van der Waals surface area contributed by atoms with Crippen LogP contribution in [0.25, 0.3) is 10.9 Å². The van der Waals surface area contributed by atoms with Crippen LogP contribution in [0.15, 0.2) is 18.2 Å². The number of hydrogen-bond donors (Lipinski definition) is 3. The topological polar surface area (TPSA) is 73.3 Å². The molecule has 4 heteroatoms. The van der Waals surface area contributed by atoms with E-state index in [1.54, 1.807) is 32.0 Å². The highest BCUT2D eigenvalue weighted by atomic mass is 16.4. The molecule has 0 atom stereocenters. The van der Waals surface area contributed by atoms with Gasteiger partial charge in [-0.1, -0.05) is 0 Å². The van der Waals surface area contributed by atoms with Crippen molar-refractivity contribution in [2.45, 2.75) is 26.2 Å². The molecule has 0 aliphatic heterocycles. The van der Waals surface area contributed by atoms with E-state index in [0.29, 0.717) is 0 Å². The number of aryl methyl sites for hydroxylation is 1. The van der Waals surface area contributed by atoms with E-state index in [1.807, 2.05) is 6.92 Å². The fraction of sp³-hybridized carbons (Fsp3) is 0.308. The molecule has 2 rings (SSSR count). The molecule has 0 unspecified atom stereocenters. The second-order valence-corrected chi connectivity index (χ2v) is 4.79. The second kappa shape index (κ2) is 3.52. The first kappa shape index (κ1) is 11.5. The lowest BCUT2D eigenvalue weighted by Gasteiger charge is -2.20. The third-order valence-electron chi connectivity index (χ3n) is 3.13. The Hall–Kier alpha value is -1.97. The molecule has 0 aliphatic carbocycles. The number of benzene rings is 1. The molecule has 0 fully saturated rings. The molecule has 0 saturated heterocycles.